The van der Waals surface area contributed by atoms with Gasteiger partial charge in [-0.25, -0.2) is 0 Å². The van der Waals surface area contributed by atoms with E-state index in [2.05, 4.69) is 18.2 Å². The highest BCUT2D eigenvalue weighted by molar-refractivity contribution is 5.80. The van der Waals surface area contributed by atoms with E-state index in [9.17, 15) is 4.79 Å². The van der Waals surface area contributed by atoms with Gasteiger partial charge in [0.25, 0.3) is 0 Å². The molecule has 17 heavy (non-hydrogen) atoms. The van der Waals surface area contributed by atoms with Gasteiger partial charge in [0.2, 0.25) is 5.91 Å². The minimum atomic E-state index is 0.310. The topological polar surface area (TPSA) is 20.3 Å². The smallest absolute Gasteiger partial charge is 0.227 e. The second-order valence-electron chi connectivity index (χ2n) is 4.55. The first-order chi connectivity index (χ1) is 8.34. The van der Waals surface area contributed by atoms with Gasteiger partial charge in [-0.2, -0.15) is 0 Å². The minimum absolute atomic E-state index is 0.310. The summed E-state index contributed by atoms with van der Waals surface area (Å²) in [5, 5.41) is 0. The third-order valence-electron chi connectivity index (χ3n) is 3.61. The Hall–Kier alpha value is -1.31. The summed E-state index contributed by atoms with van der Waals surface area (Å²) in [6, 6.07) is 8.43. The molecule has 3 rings (SSSR count). The van der Waals surface area contributed by atoms with Crippen molar-refractivity contribution in [3.05, 3.63) is 35.4 Å². The predicted octanol–water partition coefficient (Wildman–Crippen LogP) is 2.97. The maximum Gasteiger partial charge on any atom is 0.227 e. The Morgan fingerprint density at radius 2 is 2.00 bits per heavy atom. The van der Waals surface area contributed by atoms with Crippen molar-refractivity contribution in [2.75, 3.05) is 13.1 Å². The first-order valence-corrected chi connectivity index (χ1v) is 6.70. The third kappa shape index (κ3) is 2.36. The van der Waals surface area contributed by atoms with Crippen LogP contribution >= 0.6 is 0 Å². The van der Waals surface area contributed by atoms with Gasteiger partial charge in [0.1, 0.15) is 0 Å². The average molecular weight is 231 g/mol. The number of rotatable bonds is 0. The Morgan fingerprint density at radius 3 is 2.82 bits per heavy atom. The van der Waals surface area contributed by atoms with Crippen LogP contribution in [0.15, 0.2) is 24.3 Å². The molecule has 0 N–H and O–H groups in total. The fourth-order valence-corrected chi connectivity index (χ4v) is 2.83. The highest BCUT2D eigenvalue weighted by Gasteiger charge is 2.29. The molecule has 2 heteroatoms. The summed E-state index contributed by atoms with van der Waals surface area (Å²) < 4.78 is 0. The molecular weight excluding hydrogens is 210 g/mol. The van der Waals surface area contributed by atoms with Crippen LogP contribution in [0.2, 0.25) is 0 Å². The van der Waals surface area contributed by atoms with Crippen LogP contribution in [0.3, 0.4) is 0 Å². The standard InChI is InChI=1S/C13H15NO.C2H6/c15-13-8-10-4-1-2-6-12(10)11-5-3-7-14(13)9-11;1-2/h1-2,4,6,11H,3,5,7-9H2;1-2H3. The van der Waals surface area contributed by atoms with Crippen LogP contribution in [-0.4, -0.2) is 23.9 Å². The first kappa shape index (κ1) is 12.2. The average Bonchev–Trinajstić information content (AvgIpc) is 2.49. The minimum Gasteiger partial charge on any atom is -0.342 e. The molecule has 2 aliphatic heterocycles. The van der Waals surface area contributed by atoms with Gasteiger partial charge in [-0.3, -0.25) is 4.79 Å². The zero-order valence-electron chi connectivity index (χ0n) is 10.8. The van der Waals surface area contributed by atoms with Crippen molar-refractivity contribution in [2.45, 2.75) is 39.0 Å². The Bertz CT molecular complexity index is 400. The van der Waals surface area contributed by atoms with Gasteiger partial charge in [-0.05, 0) is 24.0 Å². The molecule has 92 valence electrons. The van der Waals surface area contributed by atoms with Crippen LogP contribution in [0.1, 0.15) is 43.7 Å². The van der Waals surface area contributed by atoms with Crippen molar-refractivity contribution in [3.8, 4) is 0 Å². The number of piperidine rings is 1. The van der Waals surface area contributed by atoms with E-state index in [4.69, 9.17) is 0 Å². The summed E-state index contributed by atoms with van der Waals surface area (Å²) in [6.07, 6.45) is 3.00. The molecule has 0 radical (unpaired) electrons. The second-order valence-corrected chi connectivity index (χ2v) is 4.55. The lowest BCUT2D eigenvalue weighted by Crippen LogP contribution is -2.37. The summed E-state index contributed by atoms with van der Waals surface area (Å²) in [6.45, 7) is 5.90. The van der Waals surface area contributed by atoms with Crippen molar-refractivity contribution in [3.63, 3.8) is 0 Å². The Balaban J connectivity index is 0.000000514. The molecule has 0 aliphatic carbocycles. The molecule has 2 nitrogen and oxygen atoms in total. The quantitative estimate of drug-likeness (QED) is 0.672. The van der Waals surface area contributed by atoms with Crippen LogP contribution in [0.5, 0.6) is 0 Å². The van der Waals surface area contributed by atoms with E-state index in [-0.39, 0.29) is 0 Å². The maximum absolute atomic E-state index is 11.9. The van der Waals surface area contributed by atoms with Gasteiger partial charge >= 0.3 is 0 Å². The number of nitrogens with zero attached hydrogens (tertiary/aromatic N) is 1. The van der Waals surface area contributed by atoms with Crippen molar-refractivity contribution in [1.29, 1.82) is 0 Å². The lowest BCUT2D eigenvalue weighted by Gasteiger charge is -2.30. The van der Waals surface area contributed by atoms with E-state index in [1.807, 2.05) is 24.8 Å². The van der Waals surface area contributed by atoms with Gasteiger partial charge in [0, 0.05) is 19.0 Å². The summed E-state index contributed by atoms with van der Waals surface area (Å²) in [4.78, 5) is 13.9. The SMILES string of the molecule is CC.O=C1Cc2ccccc2C2CCCN1C2. The summed E-state index contributed by atoms with van der Waals surface area (Å²) >= 11 is 0. The van der Waals surface area contributed by atoms with Gasteiger partial charge in [-0.1, -0.05) is 38.1 Å². The Morgan fingerprint density at radius 1 is 1.24 bits per heavy atom. The third-order valence-corrected chi connectivity index (χ3v) is 3.61. The van der Waals surface area contributed by atoms with Crippen LogP contribution in [0.25, 0.3) is 0 Å². The van der Waals surface area contributed by atoms with Crippen molar-refractivity contribution < 1.29 is 4.79 Å². The molecule has 1 unspecified atom stereocenters. The van der Waals surface area contributed by atoms with Crippen molar-refractivity contribution in [2.24, 2.45) is 0 Å². The first-order valence-electron chi connectivity index (χ1n) is 6.70. The number of hydrogen-bond donors (Lipinski definition) is 0. The molecule has 0 saturated carbocycles. The molecule has 0 aromatic heterocycles. The number of benzene rings is 1. The van der Waals surface area contributed by atoms with Crippen LogP contribution < -0.4 is 0 Å². The highest BCUT2D eigenvalue weighted by atomic mass is 16.2. The Kier molecular flexibility index (Phi) is 3.82. The van der Waals surface area contributed by atoms with Gasteiger partial charge in [0.15, 0.2) is 0 Å². The number of hydrogen-bond acceptors (Lipinski definition) is 1. The predicted molar refractivity (Wildman–Crippen MR) is 70.0 cm³/mol. The molecule has 0 spiro atoms. The number of amides is 1. The van der Waals surface area contributed by atoms with Crippen molar-refractivity contribution >= 4 is 5.91 Å². The molecule has 1 amide bonds. The highest BCUT2D eigenvalue weighted by Crippen LogP contribution is 2.32. The molecule has 2 aliphatic rings. The zero-order valence-corrected chi connectivity index (χ0v) is 10.8. The monoisotopic (exact) mass is 231 g/mol. The maximum atomic E-state index is 11.9. The van der Waals surface area contributed by atoms with Gasteiger partial charge in [-0.15, -0.1) is 0 Å². The molecule has 2 heterocycles. The summed E-state index contributed by atoms with van der Waals surface area (Å²) in [5.41, 5.74) is 2.66. The van der Waals surface area contributed by atoms with Gasteiger partial charge in [0.05, 0.1) is 6.42 Å². The van der Waals surface area contributed by atoms with E-state index in [1.54, 1.807) is 0 Å². The van der Waals surface area contributed by atoms with E-state index < -0.39 is 0 Å². The zero-order chi connectivity index (χ0) is 12.3. The molecule has 1 fully saturated rings. The molecule has 1 atom stereocenters. The normalized spacial score (nSPS) is 22.1. The molecule has 1 aromatic rings. The summed E-state index contributed by atoms with van der Waals surface area (Å²) in [5.74, 6) is 0.894. The Labute approximate surface area is 104 Å². The van der Waals surface area contributed by atoms with Crippen LogP contribution in [0.4, 0.5) is 0 Å². The van der Waals surface area contributed by atoms with E-state index >= 15 is 0 Å². The van der Waals surface area contributed by atoms with E-state index in [0.717, 1.165) is 19.5 Å². The number of carbonyl (C=O) groups is 1. The van der Waals surface area contributed by atoms with Crippen molar-refractivity contribution in [1.82, 2.24) is 4.90 Å². The molecule has 2 bridgehead atoms. The van der Waals surface area contributed by atoms with Crippen LogP contribution in [0, 0.1) is 0 Å². The molecule has 1 aromatic carbocycles. The van der Waals surface area contributed by atoms with Crippen LogP contribution in [-0.2, 0) is 11.2 Å². The van der Waals surface area contributed by atoms with E-state index in [1.165, 1.54) is 17.5 Å². The molecule has 1 saturated heterocycles. The van der Waals surface area contributed by atoms with Gasteiger partial charge < -0.3 is 4.90 Å². The fraction of sp³-hybridized carbons (Fsp3) is 0.533. The number of fused-ring (bicyclic) bond motifs is 4. The summed E-state index contributed by atoms with van der Waals surface area (Å²) in [7, 11) is 0. The molecular formula is C15H21NO. The lowest BCUT2D eigenvalue weighted by molar-refractivity contribution is -0.131. The number of carbonyl (C=O) groups excluding carboxylic acids is 1. The second kappa shape index (κ2) is 5.35. The fourth-order valence-electron chi connectivity index (χ4n) is 2.83. The lowest BCUT2D eigenvalue weighted by atomic mass is 9.89. The largest absolute Gasteiger partial charge is 0.342 e. The van der Waals surface area contributed by atoms with E-state index in [0.29, 0.717) is 18.2 Å².